The van der Waals surface area contributed by atoms with Gasteiger partial charge in [-0.25, -0.2) is 15.0 Å². The first-order valence-electron chi connectivity index (χ1n) is 6.52. The third kappa shape index (κ3) is 2.90. The van der Waals surface area contributed by atoms with E-state index in [1.54, 1.807) is 31.5 Å². The summed E-state index contributed by atoms with van der Waals surface area (Å²) in [6, 6.07) is 1.99. The van der Waals surface area contributed by atoms with E-state index in [4.69, 9.17) is 0 Å². The van der Waals surface area contributed by atoms with E-state index in [9.17, 15) is 5.11 Å². The number of fused-ring (bicyclic) bond motifs is 1. The van der Waals surface area contributed by atoms with Gasteiger partial charge in [-0.1, -0.05) is 0 Å². The van der Waals surface area contributed by atoms with Crippen molar-refractivity contribution in [3.63, 3.8) is 0 Å². The Morgan fingerprint density at radius 2 is 2.10 bits per heavy atom. The van der Waals surface area contributed by atoms with Crippen LogP contribution in [-0.4, -0.2) is 27.1 Å². The molecular weight excluding hydrogens is 304 g/mol. The maximum Gasteiger partial charge on any atom is 0.150 e. The lowest BCUT2D eigenvalue weighted by atomic mass is 10.1. The Morgan fingerprint density at radius 1 is 1.29 bits per heavy atom. The summed E-state index contributed by atoms with van der Waals surface area (Å²) in [6.07, 6.45) is 1.59. The summed E-state index contributed by atoms with van der Waals surface area (Å²) < 4.78 is 1.08. The monoisotopic (exact) mass is 320 g/mol. The Bertz CT molecular complexity index is 760. The topological polar surface area (TPSA) is 62.1 Å². The molecule has 0 spiro atoms. The lowest BCUT2D eigenvalue weighted by Crippen LogP contribution is -2.19. The molecule has 5 nitrogen and oxygen atoms in total. The van der Waals surface area contributed by atoms with Crippen molar-refractivity contribution in [2.24, 2.45) is 0 Å². The van der Waals surface area contributed by atoms with E-state index in [0.717, 1.165) is 26.7 Å². The quantitative estimate of drug-likeness (QED) is 0.800. The second-order valence-corrected chi connectivity index (χ2v) is 7.17. The Morgan fingerprint density at radius 3 is 2.81 bits per heavy atom. The molecule has 21 heavy (non-hydrogen) atoms. The van der Waals surface area contributed by atoms with Crippen LogP contribution in [0.3, 0.4) is 0 Å². The minimum atomic E-state index is -0.891. The zero-order valence-corrected chi connectivity index (χ0v) is 13.7. The normalized spacial score (nSPS) is 12.0. The molecule has 3 aromatic rings. The second-order valence-electron chi connectivity index (χ2n) is 5.39. The van der Waals surface area contributed by atoms with Crippen molar-refractivity contribution in [2.45, 2.75) is 26.0 Å². The van der Waals surface area contributed by atoms with Crippen molar-refractivity contribution in [1.82, 2.24) is 15.0 Å². The van der Waals surface area contributed by atoms with Crippen molar-refractivity contribution < 1.29 is 5.11 Å². The molecule has 7 heteroatoms. The zero-order chi connectivity index (χ0) is 15.0. The molecule has 3 rings (SSSR count). The van der Waals surface area contributed by atoms with Crippen LogP contribution in [0.5, 0.6) is 0 Å². The fraction of sp³-hybridized carbons (Fsp3) is 0.357. The van der Waals surface area contributed by atoms with Gasteiger partial charge in [-0.05, 0) is 25.3 Å². The standard InChI is InChI=1S/C14H16N4OS2/c1-14(2,19)13-17-9(7-21-13)6-18(3)12-11-10(4-5-20-11)15-8-16-12/h4-5,7-8,19H,6H2,1-3H3. The smallest absolute Gasteiger partial charge is 0.150 e. The summed E-state index contributed by atoms with van der Waals surface area (Å²) in [4.78, 5) is 15.2. The van der Waals surface area contributed by atoms with Crippen molar-refractivity contribution in [3.05, 3.63) is 33.9 Å². The molecule has 0 radical (unpaired) electrons. The summed E-state index contributed by atoms with van der Waals surface area (Å²) in [5.41, 5.74) is 1.01. The van der Waals surface area contributed by atoms with E-state index in [1.807, 2.05) is 23.9 Å². The molecule has 1 N–H and O–H groups in total. The summed E-state index contributed by atoms with van der Waals surface area (Å²) in [7, 11) is 1.99. The molecule has 0 saturated carbocycles. The van der Waals surface area contributed by atoms with Crippen LogP contribution in [0.1, 0.15) is 24.5 Å². The molecule has 110 valence electrons. The molecular formula is C14H16N4OS2. The summed E-state index contributed by atoms with van der Waals surface area (Å²) in [5, 5.41) is 14.7. The van der Waals surface area contributed by atoms with E-state index in [1.165, 1.54) is 11.3 Å². The molecule has 0 unspecified atom stereocenters. The van der Waals surface area contributed by atoms with Crippen LogP contribution in [0.4, 0.5) is 5.82 Å². The van der Waals surface area contributed by atoms with E-state index in [0.29, 0.717) is 6.54 Å². The molecule has 0 aromatic carbocycles. The first-order valence-corrected chi connectivity index (χ1v) is 8.27. The molecule has 0 aliphatic rings. The van der Waals surface area contributed by atoms with Crippen LogP contribution < -0.4 is 4.90 Å². The molecule has 0 aliphatic heterocycles. The van der Waals surface area contributed by atoms with Crippen molar-refractivity contribution >= 4 is 38.7 Å². The summed E-state index contributed by atoms with van der Waals surface area (Å²) >= 11 is 3.12. The van der Waals surface area contributed by atoms with E-state index < -0.39 is 5.60 Å². The van der Waals surface area contributed by atoms with Crippen molar-refractivity contribution in [3.8, 4) is 0 Å². The highest BCUT2D eigenvalue weighted by Gasteiger charge is 2.21. The van der Waals surface area contributed by atoms with Crippen LogP contribution in [0.25, 0.3) is 10.2 Å². The van der Waals surface area contributed by atoms with Gasteiger partial charge in [-0.15, -0.1) is 22.7 Å². The average Bonchev–Trinajstić information content (AvgIpc) is 3.05. The summed E-state index contributed by atoms with van der Waals surface area (Å²) in [6.45, 7) is 4.15. The Hall–Kier alpha value is -1.57. The SMILES string of the molecule is CN(Cc1csc(C(C)(C)O)n1)c1ncnc2ccsc12. The number of aliphatic hydroxyl groups is 1. The maximum absolute atomic E-state index is 9.98. The predicted molar refractivity (Wildman–Crippen MR) is 86.9 cm³/mol. The van der Waals surface area contributed by atoms with E-state index in [-0.39, 0.29) is 0 Å². The average molecular weight is 320 g/mol. The van der Waals surface area contributed by atoms with Gasteiger partial charge >= 0.3 is 0 Å². The molecule has 0 saturated heterocycles. The van der Waals surface area contributed by atoms with Crippen molar-refractivity contribution in [1.29, 1.82) is 0 Å². The predicted octanol–water partition coefficient (Wildman–Crippen LogP) is 3.01. The molecule has 0 aliphatic carbocycles. The number of anilines is 1. The number of nitrogens with zero attached hydrogens (tertiary/aromatic N) is 4. The highest BCUT2D eigenvalue weighted by atomic mass is 32.1. The van der Waals surface area contributed by atoms with Crippen LogP contribution in [-0.2, 0) is 12.1 Å². The molecule has 0 atom stereocenters. The van der Waals surface area contributed by atoms with Gasteiger partial charge in [0.15, 0.2) is 0 Å². The van der Waals surface area contributed by atoms with Gasteiger partial charge in [0.25, 0.3) is 0 Å². The number of hydrogen-bond donors (Lipinski definition) is 1. The van der Waals surface area contributed by atoms with Crippen LogP contribution >= 0.6 is 22.7 Å². The lowest BCUT2D eigenvalue weighted by molar-refractivity contribution is 0.0781. The third-order valence-electron chi connectivity index (χ3n) is 3.06. The van der Waals surface area contributed by atoms with Gasteiger partial charge in [0.1, 0.15) is 22.8 Å². The van der Waals surface area contributed by atoms with E-state index in [2.05, 4.69) is 19.9 Å². The number of thiazole rings is 1. The van der Waals surface area contributed by atoms with Gasteiger partial charge in [0, 0.05) is 12.4 Å². The largest absolute Gasteiger partial charge is 0.383 e. The van der Waals surface area contributed by atoms with Gasteiger partial charge in [-0.2, -0.15) is 0 Å². The Balaban J connectivity index is 1.85. The molecule has 0 amide bonds. The van der Waals surface area contributed by atoms with Gasteiger partial charge in [0.2, 0.25) is 0 Å². The van der Waals surface area contributed by atoms with Gasteiger partial charge in [0.05, 0.1) is 22.5 Å². The molecule has 0 fully saturated rings. The number of thiophene rings is 1. The fourth-order valence-electron chi connectivity index (χ4n) is 2.03. The van der Waals surface area contributed by atoms with E-state index >= 15 is 0 Å². The van der Waals surface area contributed by atoms with Crippen molar-refractivity contribution in [2.75, 3.05) is 11.9 Å². The summed E-state index contributed by atoms with van der Waals surface area (Å²) in [5.74, 6) is 0.910. The van der Waals surface area contributed by atoms with Gasteiger partial charge in [-0.3, -0.25) is 0 Å². The Kier molecular flexibility index (Phi) is 3.64. The number of aromatic nitrogens is 3. The van der Waals surface area contributed by atoms with Crippen LogP contribution in [0.2, 0.25) is 0 Å². The minimum Gasteiger partial charge on any atom is -0.383 e. The number of rotatable bonds is 4. The molecule has 3 heterocycles. The first kappa shape index (κ1) is 14.4. The highest BCUT2D eigenvalue weighted by Crippen LogP contribution is 2.29. The highest BCUT2D eigenvalue weighted by molar-refractivity contribution is 7.17. The maximum atomic E-state index is 9.98. The van der Waals surface area contributed by atoms with Crippen LogP contribution in [0, 0.1) is 0 Å². The second kappa shape index (κ2) is 5.32. The zero-order valence-electron chi connectivity index (χ0n) is 12.1. The number of hydrogen-bond acceptors (Lipinski definition) is 7. The van der Waals surface area contributed by atoms with Gasteiger partial charge < -0.3 is 10.0 Å². The molecule has 3 aromatic heterocycles. The Labute approximate surface area is 130 Å². The first-order chi connectivity index (χ1) is 9.95. The molecule has 0 bridgehead atoms. The van der Waals surface area contributed by atoms with Crippen LogP contribution in [0.15, 0.2) is 23.2 Å². The minimum absolute atomic E-state index is 0.649. The lowest BCUT2D eigenvalue weighted by Gasteiger charge is -2.17. The third-order valence-corrected chi connectivity index (χ3v) is 5.16. The fourth-order valence-corrected chi connectivity index (χ4v) is 3.75.